The quantitative estimate of drug-likeness (QED) is 0.756. The average molecular weight is 241 g/mol. The third-order valence-electron chi connectivity index (χ3n) is 2.27. The topological polar surface area (TPSA) is 56.0 Å². The number of carbonyl (C=O) groups excluding carboxylic acids is 1. The molecule has 68 valence electrons. The highest BCUT2D eigenvalue weighted by Crippen LogP contribution is 2.24. The fourth-order valence-corrected chi connectivity index (χ4v) is 2.14. The van der Waals surface area contributed by atoms with Crippen molar-refractivity contribution in [3.8, 4) is 0 Å². The highest BCUT2D eigenvalue weighted by molar-refractivity contribution is 9.10. The molecule has 1 amide bonds. The van der Waals surface area contributed by atoms with Crippen molar-refractivity contribution >= 4 is 21.8 Å². The lowest BCUT2D eigenvalue weighted by Crippen LogP contribution is -2.13. The van der Waals surface area contributed by atoms with Gasteiger partial charge in [-0.15, -0.1) is 0 Å². The van der Waals surface area contributed by atoms with Crippen molar-refractivity contribution in [2.24, 2.45) is 5.73 Å². The second-order valence-corrected chi connectivity index (χ2v) is 3.90. The van der Waals surface area contributed by atoms with Gasteiger partial charge in [-0.3, -0.25) is 4.79 Å². The van der Waals surface area contributed by atoms with Gasteiger partial charge in [0.25, 0.3) is 5.91 Å². The number of pyridine rings is 1. The first kappa shape index (κ1) is 8.69. The Kier molecular flexibility index (Phi) is 2.07. The Hall–Kier alpha value is -0.900. The van der Waals surface area contributed by atoms with Gasteiger partial charge in [0.15, 0.2) is 0 Å². The number of hydrogen-bond acceptors (Lipinski definition) is 2. The van der Waals surface area contributed by atoms with Crippen LogP contribution in [0, 0.1) is 0 Å². The molecule has 0 saturated carbocycles. The standard InChI is InChI=1S/C9H9BrN2O/c10-8-6(9(11)13)4-5-2-1-3-7(5)12-8/h4H,1-3H2,(H2,11,13). The monoisotopic (exact) mass is 240 g/mol. The Balaban J connectivity index is 2.55. The predicted molar refractivity (Wildman–Crippen MR) is 52.5 cm³/mol. The van der Waals surface area contributed by atoms with Gasteiger partial charge in [0.1, 0.15) is 4.60 Å². The lowest BCUT2D eigenvalue weighted by Gasteiger charge is -2.03. The first-order chi connectivity index (χ1) is 6.18. The number of halogens is 1. The second-order valence-electron chi connectivity index (χ2n) is 3.15. The summed E-state index contributed by atoms with van der Waals surface area (Å²) in [4.78, 5) is 15.3. The van der Waals surface area contributed by atoms with E-state index in [1.54, 1.807) is 0 Å². The van der Waals surface area contributed by atoms with Gasteiger partial charge < -0.3 is 5.73 Å². The smallest absolute Gasteiger partial charge is 0.251 e. The normalized spacial score (nSPS) is 14.2. The number of fused-ring (bicyclic) bond motifs is 1. The van der Waals surface area contributed by atoms with E-state index in [1.807, 2.05) is 6.07 Å². The Labute approximate surface area is 84.5 Å². The van der Waals surface area contributed by atoms with Crippen LogP contribution >= 0.6 is 15.9 Å². The minimum Gasteiger partial charge on any atom is -0.366 e. The first-order valence-corrected chi connectivity index (χ1v) is 4.96. The van der Waals surface area contributed by atoms with E-state index in [-0.39, 0.29) is 0 Å². The fraction of sp³-hybridized carbons (Fsp3) is 0.333. The van der Waals surface area contributed by atoms with Crippen molar-refractivity contribution in [2.45, 2.75) is 19.3 Å². The Morgan fingerprint density at radius 2 is 2.31 bits per heavy atom. The molecule has 0 radical (unpaired) electrons. The molecule has 0 atom stereocenters. The minimum absolute atomic E-state index is 0.422. The third kappa shape index (κ3) is 1.46. The number of primary amides is 1. The van der Waals surface area contributed by atoms with Crippen LogP contribution in [-0.2, 0) is 12.8 Å². The molecule has 4 heteroatoms. The van der Waals surface area contributed by atoms with Gasteiger partial charge in [0.05, 0.1) is 5.56 Å². The largest absolute Gasteiger partial charge is 0.366 e. The summed E-state index contributed by atoms with van der Waals surface area (Å²) in [5, 5.41) is 0. The van der Waals surface area contributed by atoms with Crippen LogP contribution in [0.2, 0.25) is 0 Å². The zero-order valence-corrected chi connectivity index (χ0v) is 8.60. The molecule has 0 aliphatic heterocycles. The zero-order chi connectivity index (χ0) is 9.42. The van der Waals surface area contributed by atoms with Crippen molar-refractivity contribution in [2.75, 3.05) is 0 Å². The molecule has 0 spiro atoms. The summed E-state index contributed by atoms with van der Waals surface area (Å²) in [6.07, 6.45) is 3.14. The SMILES string of the molecule is NC(=O)c1cc2c(nc1Br)CCC2. The highest BCUT2D eigenvalue weighted by Gasteiger charge is 2.17. The summed E-state index contributed by atoms with van der Waals surface area (Å²) in [7, 11) is 0. The maximum Gasteiger partial charge on any atom is 0.251 e. The van der Waals surface area contributed by atoms with Gasteiger partial charge in [-0.1, -0.05) is 0 Å². The fourth-order valence-electron chi connectivity index (χ4n) is 1.62. The number of nitrogens with two attached hydrogens (primary N) is 1. The lowest BCUT2D eigenvalue weighted by molar-refractivity contribution is 0.0999. The second kappa shape index (κ2) is 3.10. The van der Waals surface area contributed by atoms with Crippen molar-refractivity contribution in [1.29, 1.82) is 0 Å². The van der Waals surface area contributed by atoms with Crippen LogP contribution in [0.4, 0.5) is 0 Å². The zero-order valence-electron chi connectivity index (χ0n) is 7.01. The van der Waals surface area contributed by atoms with Gasteiger partial charge >= 0.3 is 0 Å². The van der Waals surface area contributed by atoms with Gasteiger partial charge in [0.2, 0.25) is 0 Å². The lowest BCUT2D eigenvalue weighted by atomic mass is 10.1. The molecule has 0 unspecified atom stereocenters. The van der Waals surface area contributed by atoms with Crippen molar-refractivity contribution in [3.05, 3.63) is 27.5 Å². The summed E-state index contributed by atoms with van der Waals surface area (Å²) in [5.41, 5.74) is 7.94. The molecule has 13 heavy (non-hydrogen) atoms. The Morgan fingerprint density at radius 1 is 1.54 bits per heavy atom. The van der Waals surface area contributed by atoms with Crippen LogP contribution in [0.1, 0.15) is 28.0 Å². The number of hydrogen-bond donors (Lipinski definition) is 1. The molecule has 1 aromatic rings. The molecule has 1 heterocycles. The molecular weight excluding hydrogens is 232 g/mol. The van der Waals surface area contributed by atoms with E-state index in [1.165, 1.54) is 0 Å². The molecule has 1 aliphatic carbocycles. The number of aromatic nitrogens is 1. The van der Waals surface area contributed by atoms with E-state index in [9.17, 15) is 4.79 Å². The number of rotatable bonds is 1. The first-order valence-electron chi connectivity index (χ1n) is 4.16. The predicted octanol–water partition coefficient (Wildman–Crippen LogP) is 1.43. The minimum atomic E-state index is -0.422. The van der Waals surface area contributed by atoms with Crippen molar-refractivity contribution in [3.63, 3.8) is 0 Å². The summed E-state index contributed by atoms with van der Waals surface area (Å²) in [6, 6.07) is 1.85. The van der Waals surface area contributed by atoms with E-state index in [0.717, 1.165) is 30.5 Å². The van der Waals surface area contributed by atoms with Crippen LogP contribution in [0.5, 0.6) is 0 Å². The molecule has 3 nitrogen and oxygen atoms in total. The molecule has 0 aromatic carbocycles. The maximum absolute atomic E-state index is 11.0. The van der Waals surface area contributed by atoms with Crippen molar-refractivity contribution in [1.82, 2.24) is 4.98 Å². The van der Waals surface area contributed by atoms with Crippen molar-refractivity contribution < 1.29 is 4.79 Å². The number of carbonyl (C=O) groups is 1. The molecule has 0 fully saturated rings. The molecule has 1 aromatic heterocycles. The summed E-state index contributed by atoms with van der Waals surface area (Å²) in [5.74, 6) is -0.422. The number of amides is 1. The van der Waals surface area contributed by atoms with Crippen LogP contribution in [0.25, 0.3) is 0 Å². The molecule has 0 saturated heterocycles. The van der Waals surface area contributed by atoms with E-state index in [4.69, 9.17) is 5.73 Å². The molecular formula is C9H9BrN2O. The van der Waals surface area contributed by atoms with Crippen LogP contribution in [0.3, 0.4) is 0 Å². The van der Waals surface area contributed by atoms with Crippen LogP contribution in [-0.4, -0.2) is 10.9 Å². The van der Waals surface area contributed by atoms with E-state index in [0.29, 0.717) is 10.2 Å². The third-order valence-corrected chi connectivity index (χ3v) is 2.87. The molecule has 1 aliphatic rings. The van der Waals surface area contributed by atoms with Gasteiger partial charge in [-0.2, -0.15) is 0 Å². The van der Waals surface area contributed by atoms with E-state index < -0.39 is 5.91 Å². The van der Waals surface area contributed by atoms with Crippen LogP contribution in [0.15, 0.2) is 10.7 Å². The molecule has 2 N–H and O–H groups in total. The summed E-state index contributed by atoms with van der Waals surface area (Å²) in [6.45, 7) is 0. The Morgan fingerprint density at radius 3 is 3.00 bits per heavy atom. The number of aryl methyl sites for hydroxylation is 2. The van der Waals surface area contributed by atoms with Gasteiger partial charge in [-0.05, 0) is 46.8 Å². The summed E-state index contributed by atoms with van der Waals surface area (Å²) >= 11 is 3.24. The molecule has 0 bridgehead atoms. The highest BCUT2D eigenvalue weighted by atomic mass is 79.9. The average Bonchev–Trinajstić information content (AvgIpc) is 2.48. The van der Waals surface area contributed by atoms with Gasteiger partial charge in [-0.25, -0.2) is 4.98 Å². The maximum atomic E-state index is 11.0. The van der Waals surface area contributed by atoms with Gasteiger partial charge in [0, 0.05) is 5.69 Å². The van der Waals surface area contributed by atoms with E-state index >= 15 is 0 Å². The Bertz CT molecular complexity index is 376. The van der Waals surface area contributed by atoms with E-state index in [2.05, 4.69) is 20.9 Å². The number of nitrogens with zero attached hydrogens (tertiary/aromatic N) is 1. The molecule has 2 rings (SSSR count). The van der Waals surface area contributed by atoms with Crippen LogP contribution < -0.4 is 5.73 Å². The summed E-state index contributed by atoms with van der Waals surface area (Å²) < 4.78 is 0.570.